The Morgan fingerprint density at radius 1 is 1.19 bits per heavy atom. The number of carbonyl (C=O) groups excluding carboxylic acids is 2. The van der Waals surface area contributed by atoms with Gasteiger partial charge in [0, 0.05) is 32.2 Å². The van der Waals surface area contributed by atoms with E-state index in [0.717, 1.165) is 12.0 Å². The molecule has 3 rings (SSSR count). The number of nitrogens with zero attached hydrogens (tertiary/aromatic N) is 3. The fraction of sp³-hybridized carbons (Fsp3) is 0.375. The third-order valence-electron chi connectivity index (χ3n) is 5.24. The van der Waals surface area contributed by atoms with E-state index >= 15 is 0 Å². The van der Waals surface area contributed by atoms with Crippen molar-refractivity contribution < 1.29 is 18.7 Å². The van der Waals surface area contributed by atoms with Crippen LogP contribution in [0.2, 0.25) is 0 Å². The number of urea groups is 1. The molecule has 0 unspecified atom stereocenters. The zero-order valence-electron chi connectivity index (χ0n) is 18.5. The Kier molecular flexibility index (Phi) is 8.33. The van der Waals surface area contributed by atoms with Crippen molar-refractivity contribution in [2.75, 3.05) is 33.4 Å². The molecule has 0 aliphatic carbocycles. The lowest BCUT2D eigenvalue weighted by atomic mass is 9.98. The van der Waals surface area contributed by atoms with Crippen LogP contribution in [0.5, 0.6) is 0 Å². The predicted octanol–water partition coefficient (Wildman–Crippen LogP) is 3.57. The highest BCUT2D eigenvalue weighted by molar-refractivity contribution is 6.03. The number of hydrogen-bond donors (Lipinski definition) is 1. The summed E-state index contributed by atoms with van der Waals surface area (Å²) in [6.45, 7) is 2.89. The summed E-state index contributed by atoms with van der Waals surface area (Å²) in [7, 11) is 1.54. The number of ether oxygens (including phenoxy) is 1. The molecule has 0 saturated carbocycles. The Morgan fingerprint density at radius 3 is 2.59 bits per heavy atom. The van der Waals surface area contributed by atoms with Gasteiger partial charge in [0.05, 0.1) is 18.4 Å². The first-order valence-electron chi connectivity index (χ1n) is 10.8. The highest BCUT2D eigenvalue weighted by Crippen LogP contribution is 2.33. The van der Waals surface area contributed by atoms with E-state index in [4.69, 9.17) is 4.74 Å². The zero-order chi connectivity index (χ0) is 22.9. The summed E-state index contributed by atoms with van der Waals surface area (Å²) in [6.07, 6.45) is 1.17. The van der Waals surface area contributed by atoms with Crippen molar-refractivity contribution in [3.8, 4) is 0 Å². The standard InChI is InChI=1S/C24H29FN4O3/c1-3-13-26-24(31)28(14-15-32-2)17-23(30)29-22(18-9-5-4-6-10-18)16-21(27-29)19-11-7-8-12-20(19)25/h4-12,22H,3,13-17H2,1-2H3,(H,26,31)/t22-/m1/s1. The minimum Gasteiger partial charge on any atom is -0.383 e. The normalized spacial score (nSPS) is 15.4. The predicted molar refractivity (Wildman–Crippen MR) is 121 cm³/mol. The van der Waals surface area contributed by atoms with Crippen LogP contribution in [0.1, 0.15) is 36.9 Å². The average Bonchev–Trinajstić information content (AvgIpc) is 3.26. The Labute approximate surface area is 187 Å². The molecule has 1 aliphatic heterocycles. The first-order valence-corrected chi connectivity index (χ1v) is 10.8. The lowest BCUT2D eigenvalue weighted by molar-refractivity contribution is -0.133. The second-order valence-electron chi connectivity index (χ2n) is 7.54. The van der Waals surface area contributed by atoms with Crippen LogP contribution in [0, 0.1) is 5.82 Å². The van der Waals surface area contributed by atoms with Crippen molar-refractivity contribution in [2.45, 2.75) is 25.8 Å². The molecular formula is C24H29FN4O3. The first kappa shape index (κ1) is 23.4. The fourth-order valence-electron chi connectivity index (χ4n) is 3.57. The maximum atomic E-state index is 14.4. The van der Waals surface area contributed by atoms with Crippen LogP contribution in [-0.2, 0) is 9.53 Å². The summed E-state index contributed by atoms with van der Waals surface area (Å²) < 4.78 is 19.5. The number of rotatable bonds is 9. The number of halogens is 1. The van der Waals surface area contributed by atoms with Crippen molar-refractivity contribution in [1.29, 1.82) is 0 Å². The van der Waals surface area contributed by atoms with Crippen LogP contribution in [-0.4, -0.2) is 60.9 Å². The summed E-state index contributed by atoms with van der Waals surface area (Å²) >= 11 is 0. The maximum Gasteiger partial charge on any atom is 0.317 e. The van der Waals surface area contributed by atoms with Crippen LogP contribution >= 0.6 is 0 Å². The number of nitrogens with one attached hydrogen (secondary N) is 1. The molecule has 1 aliphatic rings. The molecule has 1 atom stereocenters. The smallest absolute Gasteiger partial charge is 0.317 e. The van der Waals surface area contributed by atoms with Crippen LogP contribution in [0.15, 0.2) is 59.7 Å². The number of hydrogen-bond acceptors (Lipinski definition) is 4. The summed E-state index contributed by atoms with van der Waals surface area (Å²) in [5.74, 6) is -0.721. The van der Waals surface area contributed by atoms with Gasteiger partial charge in [0.15, 0.2) is 0 Å². The van der Waals surface area contributed by atoms with E-state index in [0.29, 0.717) is 30.8 Å². The zero-order valence-corrected chi connectivity index (χ0v) is 18.5. The highest BCUT2D eigenvalue weighted by atomic mass is 19.1. The Hall–Kier alpha value is -3.26. The molecular weight excluding hydrogens is 411 g/mol. The number of methoxy groups -OCH3 is 1. The lowest BCUT2D eigenvalue weighted by Crippen LogP contribution is -2.47. The molecule has 1 heterocycles. The third kappa shape index (κ3) is 5.70. The van der Waals surface area contributed by atoms with Gasteiger partial charge in [-0.15, -0.1) is 0 Å². The van der Waals surface area contributed by atoms with Crippen LogP contribution < -0.4 is 5.32 Å². The largest absolute Gasteiger partial charge is 0.383 e. The van der Waals surface area contributed by atoms with Gasteiger partial charge >= 0.3 is 6.03 Å². The Bertz CT molecular complexity index is 951. The van der Waals surface area contributed by atoms with Gasteiger partial charge < -0.3 is 15.0 Å². The monoisotopic (exact) mass is 440 g/mol. The summed E-state index contributed by atoms with van der Waals surface area (Å²) in [5.41, 5.74) is 1.78. The van der Waals surface area contributed by atoms with Crippen molar-refractivity contribution in [2.24, 2.45) is 5.10 Å². The van der Waals surface area contributed by atoms with Crippen molar-refractivity contribution in [3.05, 3.63) is 71.5 Å². The molecule has 0 aromatic heterocycles. The van der Waals surface area contributed by atoms with E-state index < -0.39 is 0 Å². The second kappa shape index (κ2) is 11.4. The minimum atomic E-state index is -0.381. The van der Waals surface area contributed by atoms with Crippen LogP contribution in [0.4, 0.5) is 9.18 Å². The molecule has 8 heteroatoms. The van der Waals surface area contributed by atoms with Gasteiger partial charge in [-0.05, 0) is 18.1 Å². The van der Waals surface area contributed by atoms with Gasteiger partial charge in [0.2, 0.25) is 0 Å². The molecule has 3 amide bonds. The topological polar surface area (TPSA) is 74.2 Å². The van der Waals surface area contributed by atoms with Crippen molar-refractivity contribution in [3.63, 3.8) is 0 Å². The lowest BCUT2D eigenvalue weighted by Gasteiger charge is -2.27. The number of benzene rings is 2. The van der Waals surface area contributed by atoms with Gasteiger partial charge in [-0.25, -0.2) is 14.2 Å². The van der Waals surface area contributed by atoms with Gasteiger partial charge in [-0.2, -0.15) is 5.10 Å². The quantitative estimate of drug-likeness (QED) is 0.648. The van der Waals surface area contributed by atoms with Gasteiger partial charge in [-0.3, -0.25) is 4.79 Å². The third-order valence-corrected chi connectivity index (χ3v) is 5.24. The Balaban J connectivity index is 1.86. The average molecular weight is 441 g/mol. The van der Waals surface area contributed by atoms with Crippen LogP contribution in [0.3, 0.4) is 0 Å². The molecule has 2 aromatic rings. The van der Waals surface area contributed by atoms with E-state index in [1.807, 2.05) is 37.3 Å². The van der Waals surface area contributed by atoms with E-state index in [2.05, 4.69) is 10.4 Å². The van der Waals surface area contributed by atoms with E-state index in [1.54, 1.807) is 25.3 Å². The fourth-order valence-corrected chi connectivity index (χ4v) is 3.57. The maximum absolute atomic E-state index is 14.4. The number of hydrazone groups is 1. The number of carbonyl (C=O) groups is 2. The minimum absolute atomic E-state index is 0.156. The van der Waals surface area contributed by atoms with Crippen LogP contribution in [0.25, 0.3) is 0 Å². The van der Waals surface area contributed by atoms with Crippen molar-refractivity contribution >= 4 is 17.6 Å². The van der Waals surface area contributed by atoms with E-state index in [9.17, 15) is 14.0 Å². The molecule has 170 valence electrons. The highest BCUT2D eigenvalue weighted by Gasteiger charge is 2.34. The molecule has 0 saturated heterocycles. The van der Waals surface area contributed by atoms with E-state index in [1.165, 1.54) is 16.0 Å². The first-order chi connectivity index (χ1) is 15.5. The molecule has 0 bridgehead atoms. The van der Waals surface area contributed by atoms with Gasteiger partial charge in [0.1, 0.15) is 12.4 Å². The summed E-state index contributed by atoms with van der Waals surface area (Å²) in [6, 6.07) is 15.2. The summed E-state index contributed by atoms with van der Waals surface area (Å²) in [4.78, 5) is 27.3. The van der Waals surface area contributed by atoms with Crippen molar-refractivity contribution in [1.82, 2.24) is 15.2 Å². The SMILES string of the molecule is CCCNC(=O)N(CCOC)CC(=O)N1N=C(c2ccccc2F)C[C@@H]1c1ccccc1. The second-order valence-corrected chi connectivity index (χ2v) is 7.54. The Morgan fingerprint density at radius 2 is 1.91 bits per heavy atom. The number of amides is 3. The molecule has 1 N–H and O–H groups in total. The summed E-state index contributed by atoms with van der Waals surface area (Å²) in [5, 5.41) is 8.68. The molecule has 2 aromatic carbocycles. The molecule has 0 spiro atoms. The molecule has 0 fully saturated rings. The van der Waals surface area contributed by atoms with Gasteiger partial charge in [-0.1, -0.05) is 55.5 Å². The van der Waals surface area contributed by atoms with E-state index in [-0.39, 0.29) is 36.9 Å². The molecule has 7 nitrogen and oxygen atoms in total. The molecule has 32 heavy (non-hydrogen) atoms. The molecule has 0 radical (unpaired) electrons. The van der Waals surface area contributed by atoms with Gasteiger partial charge in [0.25, 0.3) is 5.91 Å².